The molecular formula is C12H15FS. The van der Waals surface area contributed by atoms with E-state index in [1.165, 1.54) is 0 Å². The Labute approximate surface area is 89.2 Å². The zero-order chi connectivity index (χ0) is 10.8. The third-order valence-corrected chi connectivity index (χ3v) is 2.87. The lowest BCUT2D eigenvalue weighted by atomic mass is 9.99. The van der Waals surface area contributed by atoms with Crippen LogP contribution in [0.2, 0.25) is 0 Å². The number of hydrogen-bond acceptors (Lipinski definition) is 1. The minimum atomic E-state index is -1.26. The summed E-state index contributed by atoms with van der Waals surface area (Å²) < 4.78 is 13.5. The second-order valence-electron chi connectivity index (χ2n) is 3.68. The first-order valence-corrected chi connectivity index (χ1v) is 5.70. The number of hydrogen-bond donors (Lipinski definition) is 0. The number of alkyl halides is 1. The molecule has 0 atom stereocenters. The summed E-state index contributed by atoms with van der Waals surface area (Å²) >= 11 is 1.60. The third kappa shape index (κ3) is 2.61. The Kier molecular flexibility index (Phi) is 3.38. The van der Waals surface area contributed by atoms with Crippen molar-refractivity contribution in [1.82, 2.24) is 0 Å². The van der Waals surface area contributed by atoms with Gasteiger partial charge in [-0.15, -0.1) is 11.8 Å². The van der Waals surface area contributed by atoms with Crippen LogP contribution >= 0.6 is 11.8 Å². The molecule has 0 saturated heterocycles. The monoisotopic (exact) mass is 210 g/mol. The lowest BCUT2D eigenvalue weighted by molar-refractivity contribution is 0.221. The van der Waals surface area contributed by atoms with Gasteiger partial charge in [-0.25, -0.2) is 4.39 Å². The number of rotatable bonds is 3. The summed E-state index contributed by atoms with van der Waals surface area (Å²) in [7, 11) is 0. The fraction of sp³-hybridized carbons (Fsp3) is 0.333. The van der Waals surface area contributed by atoms with E-state index in [9.17, 15) is 4.39 Å². The largest absolute Gasteiger partial charge is 0.239 e. The standard InChI is InChI=1S/C12H15FS/c1-9(14-4)10-5-7-11(8-6-10)12(2,3)13/h5-8H,1H2,2-4H3. The number of benzene rings is 1. The first-order valence-electron chi connectivity index (χ1n) is 4.48. The highest BCUT2D eigenvalue weighted by Gasteiger charge is 2.17. The summed E-state index contributed by atoms with van der Waals surface area (Å²) in [5, 5.41) is 0. The van der Waals surface area contributed by atoms with Gasteiger partial charge in [0.2, 0.25) is 0 Å². The van der Waals surface area contributed by atoms with E-state index in [-0.39, 0.29) is 0 Å². The van der Waals surface area contributed by atoms with E-state index in [0.29, 0.717) is 5.56 Å². The van der Waals surface area contributed by atoms with Gasteiger partial charge in [0.05, 0.1) is 0 Å². The molecule has 0 aromatic heterocycles. The lowest BCUT2D eigenvalue weighted by Crippen LogP contribution is -2.08. The molecule has 0 N–H and O–H groups in total. The Bertz CT molecular complexity index is 319. The van der Waals surface area contributed by atoms with Crippen molar-refractivity contribution < 1.29 is 4.39 Å². The van der Waals surface area contributed by atoms with Crippen molar-refractivity contribution in [2.24, 2.45) is 0 Å². The highest BCUT2D eigenvalue weighted by molar-refractivity contribution is 8.07. The van der Waals surface area contributed by atoms with Crippen molar-refractivity contribution in [3.63, 3.8) is 0 Å². The molecule has 14 heavy (non-hydrogen) atoms. The van der Waals surface area contributed by atoms with Gasteiger partial charge in [-0.05, 0) is 31.2 Å². The van der Waals surface area contributed by atoms with E-state index in [0.717, 1.165) is 10.5 Å². The SMILES string of the molecule is C=C(SC)c1ccc(C(C)(C)F)cc1. The molecule has 0 spiro atoms. The van der Waals surface area contributed by atoms with E-state index in [1.54, 1.807) is 25.6 Å². The molecule has 0 aliphatic rings. The molecule has 2 heteroatoms. The molecule has 0 aliphatic carbocycles. The van der Waals surface area contributed by atoms with Gasteiger partial charge in [0.1, 0.15) is 5.67 Å². The molecule has 0 nitrogen and oxygen atoms in total. The molecule has 0 aliphatic heterocycles. The highest BCUT2D eigenvalue weighted by atomic mass is 32.2. The molecule has 0 bridgehead atoms. The normalized spacial score (nSPS) is 11.4. The van der Waals surface area contributed by atoms with Crippen molar-refractivity contribution in [3.8, 4) is 0 Å². The van der Waals surface area contributed by atoms with Gasteiger partial charge in [-0.3, -0.25) is 0 Å². The Hall–Kier alpha value is -0.760. The first-order chi connectivity index (χ1) is 6.45. The predicted octanol–water partition coefficient (Wildman–Crippen LogP) is 4.22. The van der Waals surface area contributed by atoms with Gasteiger partial charge in [-0.1, -0.05) is 30.8 Å². The molecule has 0 heterocycles. The smallest absolute Gasteiger partial charge is 0.130 e. The second-order valence-corrected chi connectivity index (χ2v) is 4.58. The lowest BCUT2D eigenvalue weighted by Gasteiger charge is -2.14. The summed E-state index contributed by atoms with van der Waals surface area (Å²) in [4.78, 5) is 1.01. The average molecular weight is 210 g/mol. The molecule has 76 valence electrons. The molecule has 1 aromatic rings. The summed E-state index contributed by atoms with van der Waals surface area (Å²) in [5.74, 6) is 0. The van der Waals surface area contributed by atoms with Crippen LogP contribution in [0.25, 0.3) is 4.91 Å². The van der Waals surface area contributed by atoms with Crippen molar-refractivity contribution >= 4 is 16.7 Å². The summed E-state index contributed by atoms with van der Waals surface area (Å²) in [6, 6.07) is 7.46. The van der Waals surface area contributed by atoms with Crippen LogP contribution in [-0.2, 0) is 5.67 Å². The molecule has 0 radical (unpaired) electrons. The van der Waals surface area contributed by atoms with Crippen molar-refractivity contribution in [1.29, 1.82) is 0 Å². The van der Waals surface area contributed by atoms with E-state index in [1.807, 2.05) is 30.5 Å². The number of thioether (sulfide) groups is 1. The van der Waals surface area contributed by atoms with Crippen molar-refractivity contribution in [3.05, 3.63) is 42.0 Å². The zero-order valence-corrected chi connectivity index (χ0v) is 9.62. The maximum Gasteiger partial charge on any atom is 0.130 e. The fourth-order valence-corrected chi connectivity index (χ4v) is 1.54. The van der Waals surface area contributed by atoms with Crippen LogP contribution in [0.4, 0.5) is 4.39 Å². The molecule has 0 saturated carbocycles. The molecule has 1 aromatic carbocycles. The quantitative estimate of drug-likeness (QED) is 0.719. The van der Waals surface area contributed by atoms with Crippen LogP contribution in [-0.4, -0.2) is 6.26 Å². The third-order valence-electron chi connectivity index (χ3n) is 2.14. The summed E-state index contributed by atoms with van der Waals surface area (Å²) in [5.41, 5.74) is 0.500. The molecule has 0 fully saturated rings. The Morgan fingerprint density at radius 3 is 2.14 bits per heavy atom. The van der Waals surface area contributed by atoms with Crippen molar-refractivity contribution in [2.45, 2.75) is 19.5 Å². The van der Waals surface area contributed by atoms with Gasteiger partial charge < -0.3 is 0 Å². The van der Waals surface area contributed by atoms with Gasteiger partial charge in [0.15, 0.2) is 0 Å². The second kappa shape index (κ2) is 4.18. The van der Waals surface area contributed by atoms with Gasteiger partial charge in [0.25, 0.3) is 0 Å². The van der Waals surface area contributed by atoms with E-state index in [4.69, 9.17) is 0 Å². The van der Waals surface area contributed by atoms with Gasteiger partial charge in [0, 0.05) is 4.91 Å². The van der Waals surface area contributed by atoms with E-state index in [2.05, 4.69) is 6.58 Å². The topological polar surface area (TPSA) is 0 Å². The predicted molar refractivity (Wildman–Crippen MR) is 63.1 cm³/mol. The van der Waals surface area contributed by atoms with Crippen LogP contribution < -0.4 is 0 Å². The number of halogens is 1. The van der Waals surface area contributed by atoms with E-state index < -0.39 is 5.67 Å². The summed E-state index contributed by atoms with van der Waals surface area (Å²) in [6.45, 7) is 7.03. The van der Waals surface area contributed by atoms with Crippen LogP contribution in [0.5, 0.6) is 0 Å². The molecule has 1 rings (SSSR count). The molecule has 0 unspecified atom stereocenters. The molecule has 0 amide bonds. The average Bonchev–Trinajstić information content (AvgIpc) is 2.15. The zero-order valence-electron chi connectivity index (χ0n) is 8.80. The Balaban J connectivity index is 2.95. The van der Waals surface area contributed by atoms with Crippen LogP contribution in [0.3, 0.4) is 0 Å². The van der Waals surface area contributed by atoms with Crippen LogP contribution in [0, 0.1) is 0 Å². The maximum absolute atomic E-state index is 13.5. The minimum absolute atomic E-state index is 0.704. The Morgan fingerprint density at radius 1 is 1.29 bits per heavy atom. The fourth-order valence-electron chi connectivity index (χ4n) is 1.17. The van der Waals surface area contributed by atoms with Crippen LogP contribution in [0.1, 0.15) is 25.0 Å². The van der Waals surface area contributed by atoms with Gasteiger partial charge in [-0.2, -0.15) is 0 Å². The van der Waals surface area contributed by atoms with Gasteiger partial charge >= 0.3 is 0 Å². The highest BCUT2D eigenvalue weighted by Crippen LogP contribution is 2.28. The maximum atomic E-state index is 13.5. The van der Waals surface area contributed by atoms with E-state index >= 15 is 0 Å². The minimum Gasteiger partial charge on any atom is -0.239 e. The van der Waals surface area contributed by atoms with Crippen LogP contribution in [0.15, 0.2) is 30.8 Å². The molecular weight excluding hydrogens is 195 g/mol. The summed E-state index contributed by atoms with van der Waals surface area (Å²) in [6.07, 6.45) is 1.98. The van der Waals surface area contributed by atoms with Crippen molar-refractivity contribution in [2.75, 3.05) is 6.26 Å². The first kappa shape index (κ1) is 11.3. The Morgan fingerprint density at radius 2 is 1.79 bits per heavy atom.